The van der Waals surface area contributed by atoms with Gasteiger partial charge in [-0.05, 0) is 92.3 Å². The summed E-state index contributed by atoms with van der Waals surface area (Å²) in [6.07, 6.45) is 3.88. The number of thiophene rings is 1. The summed E-state index contributed by atoms with van der Waals surface area (Å²) in [6, 6.07) is 57.0. The van der Waals surface area contributed by atoms with Gasteiger partial charge in [0.15, 0.2) is 0 Å². The molecule has 0 radical (unpaired) electrons. The van der Waals surface area contributed by atoms with E-state index in [1.54, 1.807) is 0 Å². The van der Waals surface area contributed by atoms with Gasteiger partial charge in [0, 0.05) is 43.9 Å². The molecule has 7 aromatic carbocycles. The maximum atomic E-state index is 4.51. The van der Waals surface area contributed by atoms with E-state index in [0.717, 1.165) is 17.1 Å². The number of rotatable bonds is 5. The first-order valence-electron chi connectivity index (χ1n) is 15.5. The zero-order valence-corrected chi connectivity index (χ0v) is 25.8. The Bertz CT molecular complexity index is 2510. The Hall–Kier alpha value is -5.77. The maximum absolute atomic E-state index is 4.51. The van der Waals surface area contributed by atoms with Crippen LogP contribution in [0.2, 0.25) is 0 Å². The van der Waals surface area contributed by atoms with Crippen molar-refractivity contribution in [2.75, 3.05) is 4.90 Å². The quantitative estimate of drug-likeness (QED) is 0.182. The van der Waals surface area contributed by atoms with E-state index in [0.29, 0.717) is 0 Å². The number of hydrogen-bond acceptors (Lipinski definition) is 3. The van der Waals surface area contributed by atoms with E-state index >= 15 is 0 Å². The van der Waals surface area contributed by atoms with Gasteiger partial charge >= 0.3 is 0 Å². The molecule has 0 aliphatic rings. The van der Waals surface area contributed by atoms with Crippen molar-refractivity contribution in [2.24, 2.45) is 0 Å². The van der Waals surface area contributed by atoms with Crippen molar-refractivity contribution in [3.63, 3.8) is 0 Å². The van der Waals surface area contributed by atoms with Gasteiger partial charge in [-0.1, -0.05) is 109 Å². The summed E-state index contributed by atoms with van der Waals surface area (Å²) in [5, 5.41) is 7.50. The molecule has 0 spiro atoms. The van der Waals surface area contributed by atoms with E-state index in [2.05, 4.69) is 168 Å². The Kier molecular flexibility index (Phi) is 6.36. The Balaban J connectivity index is 1.22. The number of aromatic nitrogens is 1. The van der Waals surface area contributed by atoms with Gasteiger partial charge in [0.2, 0.25) is 0 Å². The van der Waals surface area contributed by atoms with Crippen molar-refractivity contribution in [3.05, 3.63) is 170 Å². The van der Waals surface area contributed by atoms with Crippen molar-refractivity contribution in [1.29, 1.82) is 0 Å². The van der Waals surface area contributed by atoms with E-state index in [4.69, 9.17) is 0 Å². The SMILES string of the molecule is c1ccc(-c2ccc(N(c3ccc(-c4cc5ccccc5c5ccccc45)cc3)c3cccc4sc5ccncc5c34)cc2)cc1. The summed E-state index contributed by atoms with van der Waals surface area (Å²) in [5.41, 5.74) is 8.23. The summed E-state index contributed by atoms with van der Waals surface area (Å²) < 4.78 is 2.50. The molecule has 216 valence electrons. The summed E-state index contributed by atoms with van der Waals surface area (Å²) in [5.74, 6) is 0. The first-order chi connectivity index (χ1) is 22.8. The first kappa shape index (κ1) is 26.6. The first-order valence-corrected chi connectivity index (χ1v) is 16.4. The maximum Gasteiger partial charge on any atom is 0.0555 e. The fraction of sp³-hybridized carbons (Fsp3) is 0. The van der Waals surface area contributed by atoms with E-state index in [1.807, 2.05) is 23.7 Å². The molecule has 3 heteroatoms. The third-order valence-electron chi connectivity index (χ3n) is 8.95. The molecule has 46 heavy (non-hydrogen) atoms. The third kappa shape index (κ3) is 4.44. The van der Waals surface area contributed by atoms with Crippen LogP contribution in [-0.4, -0.2) is 4.98 Å². The summed E-state index contributed by atoms with van der Waals surface area (Å²) in [4.78, 5) is 6.89. The minimum absolute atomic E-state index is 1.11. The number of nitrogens with zero attached hydrogens (tertiary/aromatic N) is 2. The molecule has 0 N–H and O–H groups in total. The van der Waals surface area contributed by atoms with Crippen LogP contribution in [-0.2, 0) is 0 Å². The van der Waals surface area contributed by atoms with Crippen LogP contribution in [0.1, 0.15) is 0 Å². The van der Waals surface area contributed by atoms with Gasteiger partial charge < -0.3 is 4.90 Å². The van der Waals surface area contributed by atoms with Crippen LogP contribution in [0.15, 0.2) is 170 Å². The second-order valence-electron chi connectivity index (χ2n) is 11.6. The van der Waals surface area contributed by atoms with E-state index < -0.39 is 0 Å². The van der Waals surface area contributed by atoms with Gasteiger partial charge in [0.05, 0.1) is 5.69 Å². The average Bonchev–Trinajstić information content (AvgIpc) is 3.52. The highest BCUT2D eigenvalue weighted by molar-refractivity contribution is 7.25. The molecule has 2 heterocycles. The van der Waals surface area contributed by atoms with Gasteiger partial charge in [-0.25, -0.2) is 0 Å². The molecule has 0 unspecified atom stereocenters. The van der Waals surface area contributed by atoms with Crippen molar-refractivity contribution < 1.29 is 0 Å². The van der Waals surface area contributed by atoms with Crippen LogP contribution < -0.4 is 4.90 Å². The van der Waals surface area contributed by atoms with E-state index in [9.17, 15) is 0 Å². The molecule has 0 aliphatic carbocycles. The molecule has 9 aromatic rings. The number of fused-ring (bicyclic) bond motifs is 6. The number of anilines is 3. The minimum Gasteiger partial charge on any atom is -0.310 e. The second kappa shape index (κ2) is 11.0. The van der Waals surface area contributed by atoms with E-state index in [1.165, 1.54) is 64.0 Å². The molecule has 0 amide bonds. The topological polar surface area (TPSA) is 16.1 Å². The lowest BCUT2D eigenvalue weighted by atomic mass is 9.93. The Morgan fingerprint density at radius 2 is 1.11 bits per heavy atom. The lowest BCUT2D eigenvalue weighted by Gasteiger charge is -2.27. The summed E-state index contributed by atoms with van der Waals surface area (Å²) in [7, 11) is 0. The van der Waals surface area contributed by atoms with Crippen LogP contribution in [0, 0.1) is 0 Å². The van der Waals surface area contributed by atoms with Crippen molar-refractivity contribution in [1.82, 2.24) is 4.98 Å². The minimum atomic E-state index is 1.11. The smallest absolute Gasteiger partial charge is 0.0555 e. The molecule has 0 fully saturated rings. The monoisotopic (exact) mass is 604 g/mol. The van der Waals surface area contributed by atoms with Gasteiger partial charge in [-0.3, -0.25) is 4.98 Å². The van der Waals surface area contributed by atoms with Crippen LogP contribution in [0.4, 0.5) is 17.1 Å². The highest BCUT2D eigenvalue weighted by atomic mass is 32.1. The third-order valence-corrected chi connectivity index (χ3v) is 10.1. The lowest BCUT2D eigenvalue weighted by Crippen LogP contribution is -2.10. The van der Waals surface area contributed by atoms with Gasteiger partial charge in [-0.15, -0.1) is 11.3 Å². The number of hydrogen-bond donors (Lipinski definition) is 0. The Morgan fingerprint density at radius 1 is 0.457 bits per heavy atom. The average molecular weight is 605 g/mol. The molecular weight excluding hydrogens is 577 g/mol. The number of benzene rings is 7. The summed E-state index contributed by atoms with van der Waals surface area (Å²) >= 11 is 1.82. The molecule has 2 aromatic heterocycles. The predicted octanol–water partition coefficient (Wildman–Crippen LogP) is 12.6. The van der Waals surface area contributed by atoms with Crippen LogP contribution in [0.3, 0.4) is 0 Å². The van der Waals surface area contributed by atoms with Crippen molar-refractivity contribution in [3.8, 4) is 22.3 Å². The zero-order chi connectivity index (χ0) is 30.5. The molecule has 0 saturated heterocycles. The fourth-order valence-electron chi connectivity index (χ4n) is 6.78. The molecule has 0 bridgehead atoms. The summed E-state index contributed by atoms with van der Waals surface area (Å²) in [6.45, 7) is 0. The number of pyridine rings is 1. The normalized spacial score (nSPS) is 11.5. The Morgan fingerprint density at radius 3 is 1.89 bits per heavy atom. The lowest BCUT2D eigenvalue weighted by molar-refractivity contribution is 1.30. The molecular formula is C43H28N2S. The van der Waals surface area contributed by atoms with Crippen molar-refractivity contribution in [2.45, 2.75) is 0 Å². The molecule has 0 saturated carbocycles. The largest absolute Gasteiger partial charge is 0.310 e. The van der Waals surface area contributed by atoms with Gasteiger partial charge in [0.1, 0.15) is 0 Å². The Labute approximate surface area is 271 Å². The molecule has 2 nitrogen and oxygen atoms in total. The van der Waals surface area contributed by atoms with Gasteiger partial charge in [0.25, 0.3) is 0 Å². The molecule has 0 atom stereocenters. The van der Waals surface area contributed by atoms with Gasteiger partial charge in [-0.2, -0.15) is 0 Å². The fourth-order valence-corrected chi connectivity index (χ4v) is 7.88. The predicted molar refractivity (Wildman–Crippen MR) is 198 cm³/mol. The van der Waals surface area contributed by atoms with Crippen molar-refractivity contribution >= 4 is 70.1 Å². The second-order valence-corrected chi connectivity index (χ2v) is 12.7. The van der Waals surface area contributed by atoms with E-state index in [-0.39, 0.29) is 0 Å². The standard InChI is InChI=1S/C43H28N2S/c1-2-9-29(10-3-1)30-17-21-33(22-18-30)45(40-15-8-16-42-43(40)39-28-44-26-25-41(39)46-42)34-23-19-31(20-24-34)38-27-32-11-4-5-12-35(32)36-13-6-7-14-37(36)38/h1-28H. The van der Waals surface area contributed by atoms with Crippen LogP contribution >= 0.6 is 11.3 Å². The molecule has 9 rings (SSSR count). The highest BCUT2D eigenvalue weighted by Gasteiger charge is 2.19. The van der Waals surface area contributed by atoms with Crippen LogP contribution in [0.25, 0.3) is 64.0 Å². The zero-order valence-electron chi connectivity index (χ0n) is 25.0. The highest BCUT2D eigenvalue weighted by Crippen LogP contribution is 2.45. The van der Waals surface area contributed by atoms with Crippen LogP contribution in [0.5, 0.6) is 0 Å². The molecule has 0 aliphatic heterocycles.